The molecule has 0 aromatic carbocycles. The molecule has 64 valence electrons. The molecule has 2 amide bonds. The topological polar surface area (TPSA) is 55.8 Å². The van der Waals surface area contributed by atoms with E-state index < -0.39 is 12.0 Å². The lowest BCUT2D eigenvalue weighted by molar-refractivity contribution is -0.132. The highest BCUT2D eigenvalue weighted by Crippen LogP contribution is 1.89. The molecule has 5 nitrogen and oxygen atoms in total. The van der Waals surface area contributed by atoms with Crippen molar-refractivity contribution < 1.29 is 19.1 Å². The lowest BCUT2D eigenvalue weighted by Gasteiger charge is -2.12. The van der Waals surface area contributed by atoms with E-state index in [1.54, 1.807) is 0 Å². The van der Waals surface area contributed by atoms with Crippen LogP contribution in [0.3, 0.4) is 0 Å². The Morgan fingerprint density at radius 2 is 1.91 bits per heavy atom. The van der Waals surface area contributed by atoms with E-state index in [4.69, 9.17) is 0 Å². The molecular formula is C6H11NO4. The number of methoxy groups -OCH3 is 2. The van der Waals surface area contributed by atoms with Crippen LogP contribution in [0, 0.1) is 0 Å². The van der Waals surface area contributed by atoms with Crippen molar-refractivity contribution in [1.29, 1.82) is 0 Å². The molecule has 0 saturated heterocycles. The summed E-state index contributed by atoms with van der Waals surface area (Å²) in [6.07, 6.45) is -0.688. The summed E-state index contributed by atoms with van der Waals surface area (Å²) in [6.45, 7) is -0.119. The molecule has 0 aliphatic heterocycles. The zero-order valence-corrected chi connectivity index (χ0v) is 6.79. The maximum absolute atomic E-state index is 10.8. The Bertz CT molecular complexity index is 157. The number of carbonyl (C=O) groups is 2. The van der Waals surface area contributed by atoms with E-state index >= 15 is 0 Å². The highest BCUT2D eigenvalue weighted by atomic mass is 16.5. The molecule has 0 N–H and O–H groups in total. The highest BCUT2D eigenvalue weighted by Gasteiger charge is 2.15. The monoisotopic (exact) mass is 161 g/mol. The van der Waals surface area contributed by atoms with E-state index in [0.717, 1.165) is 4.90 Å². The predicted molar refractivity (Wildman–Crippen MR) is 37.1 cm³/mol. The van der Waals surface area contributed by atoms with Crippen molar-refractivity contribution in [3.05, 3.63) is 0 Å². The van der Waals surface area contributed by atoms with Crippen LogP contribution in [0.15, 0.2) is 0 Å². The third-order valence-electron chi connectivity index (χ3n) is 1.09. The van der Waals surface area contributed by atoms with Crippen molar-refractivity contribution in [2.24, 2.45) is 0 Å². The number of hydrogen-bond donors (Lipinski definition) is 0. The molecule has 0 saturated carbocycles. The molecule has 0 fully saturated rings. The second kappa shape index (κ2) is 4.68. The van der Waals surface area contributed by atoms with Gasteiger partial charge >= 0.3 is 6.09 Å². The van der Waals surface area contributed by atoms with Crippen molar-refractivity contribution in [3.8, 4) is 0 Å². The van der Waals surface area contributed by atoms with Gasteiger partial charge in [0.05, 0.1) is 7.11 Å². The van der Waals surface area contributed by atoms with Crippen molar-refractivity contribution in [3.63, 3.8) is 0 Å². The summed E-state index contributed by atoms with van der Waals surface area (Å²) in [5.41, 5.74) is 0. The molecule has 0 radical (unpaired) electrons. The Kier molecular flexibility index (Phi) is 4.21. The second-order valence-corrected chi connectivity index (χ2v) is 1.86. The smallest absolute Gasteiger partial charge is 0.416 e. The number of hydrogen-bond acceptors (Lipinski definition) is 4. The Morgan fingerprint density at radius 1 is 1.36 bits per heavy atom. The standard InChI is InChI=1S/C6H11NO4/c1-7(6(9)11-3)5(8)4-10-2/h4H2,1-3H3. The quantitative estimate of drug-likeness (QED) is 0.565. The predicted octanol–water partition coefficient (Wildman–Crippen LogP) is -0.142. The molecule has 0 bridgehead atoms. The Hall–Kier alpha value is -1.10. The first-order chi connectivity index (χ1) is 5.13. The van der Waals surface area contributed by atoms with Crippen molar-refractivity contribution in [2.45, 2.75) is 0 Å². The van der Waals surface area contributed by atoms with Gasteiger partial charge in [0.25, 0.3) is 5.91 Å². The van der Waals surface area contributed by atoms with Gasteiger partial charge in [-0.3, -0.25) is 4.79 Å². The highest BCUT2D eigenvalue weighted by molar-refractivity contribution is 5.92. The molecule has 0 aliphatic carbocycles. The van der Waals surface area contributed by atoms with Crippen LogP contribution in [-0.4, -0.2) is 44.8 Å². The van der Waals surface area contributed by atoms with Gasteiger partial charge in [-0.1, -0.05) is 0 Å². The molecule has 0 aromatic heterocycles. The van der Waals surface area contributed by atoms with Crippen LogP contribution in [0.5, 0.6) is 0 Å². The molecule has 0 spiro atoms. The third kappa shape index (κ3) is 2.99. The molecule has 0 aromatic rings. The maximum Gasteiger partial charge on any atom is 0.416 e. The molecule has 11 heavy (non-hydrogen) atoms. The molecular weight excluding hydrogens is 150 g/mol. The summed E-state index contributed by atoms with van der Waals surface area (Å²) in [4.78, 5) is 22.3. The van der Waals surface area contributed by atoms with Gasteiger partial charge in [-0.25, -0.2) is 9.69 Å². The molecule has 0 heterocycles. The van der Waals surface area contributed by atoms with Crippen LogP contribution in [0.2, 0.25) is 0 Å². The summed E-state index contributed by atoms with van der Waals surface area (Å²) in [6, 6.07) is 0. The van der Waals surface area contributed by atoms with Gasteiger partial charge < -0.3 is 9.47 Å². The van der Waals surface area contributed by atoms with Gasteiger partial charge in [-0.2, -0.15) is 0 Å². The van der Waals surface area contributed by atoms with E-state index in [0.29, 0.717) is 0 Å². The van der Waals surface area contributed by atoms with Crippen molar-refractivity contribution in [2.75, 3.05) is 27.9 Å². The van der Waals surface area contributed by atoms with Gasteiger partial charge in [-0.15, -0.1) is 0 Å². The number of amides is 2. The summed E-state index contributed by atoms with van der Waals surface area (Å²) < 4.78 is 8.81. The molecule has 0 aliphatic rings. The first kappa shape index (κ1) is 9.90. The summed E-state index contributed by atoms with van der Waals surface area (Å²) in [7, 11) is 3.91. The van der Waals surface area contributed by atoms with Gasteiger partial charge in [0.2, 0.25) is 0 Å². The Balaban J connectivity index is 3.91. The first-order valence-corrected chi connectivity index (χ1v) is 2.97. The number of carbonyl (C=O) groups excluding carboxylic acids is 2. The molecule has 0 atom stereocenters. The normalized spacial score (nSPS) is 9.00. The van der Waals surface area contributed by atoms with E-state index in [1.807, 2.05) is 0 Å². The van der Waals surface area contributed by atoms with Crippen LogP contribution in [0.1, 0.15) is 0 Å². The zero-order chi connectivity index (χ0) is 8.85. The lowest BCUT2D eigenvalue weighted by atomic mass is 10.6. The number of imide groups is 1. The molecule has 0 rings (SSSR count). The van der Waals surface area contributed by atoms with Crippen LogP contribution in [0.4, 0.5) is 4.79 Å². The lowest BCUT2D eigenvalue weighted by Crippen LogP contribution is -2.35. The summed E-state index contributed by atoms with van der Waals surface area (Å²) in [5, 5.41) is 0. The fourth-order valence-corrected chi connectivity index (χ4v) is 0.459. The number of nitrogens with zero attached hydrogens (tertiary/aromatic N) is 1. The van der Waals surface area contributed by atoms with Gasteiger partial charge in [0, 0.05) is 14.2 Å². The average molecular weight is 161 g/mol. The summed E-state index contributed by atoms with van der Waals surface area (Å²) >= 11 is 0. The molecule has 5 heteroatoms. The van der Waals surface area contributed by atoms with Crippen LogP contribution in [0.25, 0.3) is 0 Å². The minimum absolute atomic E-state index is 0.119. The zero-order valence-electron chi connectivity index (χ0n) is 6.79. The minimum Gasteiger partial charge on any atom is -0.452 e. The van der Waals surface area contributed by atoms with Gasteiger partial charge in [0.1, 0.15) is 6.61 Å². The fourth-order valence-electron chi connectivity index (χ4n) is 0.459. The van der Waals surface area contributed by atoms with Crippen LogP contribution < -0.4 is 0 Å². The number of rotatable bonds is 2. The van der Waals surface area contributed by atoms with Crippen LogP contribution >= 0.6 is 0 Å². The molecule has 0 unspecified atom stereocenters. The number of likely N-dealkylation sites (N-methyl/N-ethyl adjacent to an activating group) is 1. The van der Waals surface area contributed by atoms with Gasteiger partial charge in [0.15, 0.2) is 0 Å². The third-order valence-corrected chi connectivity index (χ3v) is 1.09. The SMILES string of the molecule is COCC(=O)N(C)C(=O)OC. The van der Waals surface area contributed by atoms with E-state index in [2.05, 4.69) is 9.47 Å². The average Bonchev–Trinajstić information content (AvgIpc) is 2.02. The fraction of sp³-hybridized carbons (Fsp3) is 0.667. The minimum atomic E-state index is -0.688. The maximum atomic E-state index is 10.8. The van der Waals surface area contributed by atoms with E-state index in [1.165, 1.54) is 21.3 Å². The van der Waals surface area contributed by atoms with E-state index in [9.17, 15) is 9.59 Å². The van der Waals surface area contributed by atoms with Crippen molar-refractivity contribution >= 4 is 12.0 Å². The number of ether oxygens (including phenoxy) is 2. The van der Waals surface area contributed by atoms with Gasteiger partial charge in [-0.05, 0) is 0 Å². The summed E-state index contributed by atoms with van der Waals surface area (Å²) in [5.74, 6) is -0.431. The Morgan fingerprint density at radius 3 is 2.27 bits per heavy atom. The largest absolute Gasteiger partial charge is 0.452 e. The second-order valence-electron chi connectivity index (χ2n) is 1.86. The van der Waals surface area contributed by atoms with E-state index in [-0.39, 0.29) is 6.61 Å². The van der Waals surface area contributed by atoms with Crippen molar-refractivity contribution in [1.82, 2.24) is 4.90 Å². The van der Waals surface area contributed by atoms with Crippen LogP contribution in [-0.2, 0) is 14.3 Å². The first-order valence-electron chi connectivity index (χ1n) is 2.97. The Labute approximate surface area is 64.9 Å².